The van der Waals surface area contributed by atoms with Crippen LogP contribution in [0.5, 0.6) is 0 Å². The largest absolute Gasteiger partial charge is 0.377 e. The molecule has 1 aromatic heterocycles. The summed E-state index contributed by atoms with van der Waals surface area (Å²) in [7, 11) is 0. The van der Waals surface area contributed by atoms with Gasteiger partial charge in [0, 0.05) is 13.2 Å². The van der Waals surface area contributed by atoms with Crippen LogP contribution in [0.2, 0.25) is 0 Å². The van der Waals surface area contributed by atoms with Gasteiger partial charge in [-0.2, -0.15) is 4.98 Å². The third-order valence-corrected chi connectivity index (χ3v) is 1.99. The van der Waals surface area contributed by atoms with Gasteiger partial charge in [-0.3, -0.25) is 10.1 Å². The summed E-state index contributed by atoms with van der Waals surface area (Å²) in [5.74, 6) is 0.0937. The van der Waals surface area contributed by atoms with E-state index in [0.717, 1.165) is 6.20 Å². The van der Waals surface area contributed by atoms with Gasteiger partial charge in [0.05, 0.1) is 11.0 Å². The number of aromatic nitrogens is 2. The Labute approximate surface area is 98.4 Å². The van der Waals surface area contributed by atoms with Crippen molar-refractivity contribution in [2.24, 2.45) is 0 Å². The second kappa shape index (κ2) is 5.94. The predicted molar refractivity (Wildman–Crippen MR) is 62.7 cm³/mol. The van der Waals surface area contributed by atoms with Gasteiger partial charge in [-0.05, 0) is 13.8 Å². The van der Waals surface area contributed by atoms with Crippen molar-refractivity contribution < 1.29 is 9.66 Å². The van der Waals surface area contributed by atoms with Crippen LogP contribution < -0.4 is 11.1 Å². The molecule has 0 saturated carbocycles. The van der Waals surface area contributed by atoms with Crippen LogP contribution >= 0.6 is 0 Å². The summed E-state index contributed by atoms with van der Waals surface area (Å²) in [5, 5.41) is 13.5. The smallest absolute Gasteiger partial charge is 0.329 e. The Bertz CT molecular complexity index is 398. The lowest BCUT2D eigenvalue weighted by molar-refractivity contribution is -0.384. The van der Waals surface area contributed by atoms with E-state index in [-0.39, 0.29) is 23.6 Å². The molecule has 94 valence electrons. The lowest BCUT2D eigenvalue weighted by atomic mass is 10.4. The number of anilines is 2. The van der Waals surface area contributed by atoms with E-state index in [4.69, 9.17) is 10.5 Å². The highest BCUT2D eigenvalue weighted by atomic mass is 16.6. The van der Waals surface area contributed by atoms with E-state index in [1.165, 1.54) is 0 Å². The number of hydrogen-bond acceptors (Lipinski definition) is 7. The minimum absolute atomic E-state index is 0.0119. The Kier molecular flexibility index (Phi) is 4.58. The van der Waals surface area contributed by atoms with Gasteiger partial charge in [-0.25, -0.2) is 4.98 Å². The van der Waals surface area contributed by atoms with Crippen LogP contribution in [-0.2, 0) is 4.74 Å². The fourth-order valence-electron chi connectivity index (χ4n) is 1.24. The minimum atomic E-state index is -0.562. The maximum Gasteiger partial charge on any atom is 0.329 e. The number of nitrogen functional groups attached to an aromatic ring is 1. The molecular formula is C9H15N5O3. The van der Waals surface area contributed by atoms with Crippen molar-refractivity contribution in [2.45, 2.75) is 20.0 Å². The molecular weight excluding hydrogens is 226 g/mol. The van der Waals surface area contributed by atoms with E-state index < -0.39 is 4.92 Å². The molecule has 0 saturated heterocycles. The van der Waals surface area contributed by atoms with Crippen LogP contribution in [0, 0.1) is 10.1 Å². The predicted octanol–water partition coefficient (Wildman–Crippen LogP) is 0.804. The Morgan fingerprint density at radius 2 is 2.41 bits per heavy atom. The normalized spacial score (nSPS) is 12.1. The third kappa shape index (κ3) is 3.83. The average molecular weight is 241 g/mol. The Balaban J connectivity index is 2.75. The van der Waals surface area contributed by atoms with Gasteiger partial charge in [0.25, 0.3) is 0 Å². The molecule has 3 N–H and O–H groups in total. The Hall–Kier alpha value is -1.96. The maximum absolute atomic E-state index is 10.7. The van der Waals surface area contributed by atoms with Gasteiger partial charge < -0.3 is 15.8 Å². The van der Waals surface area contributed by atoms with Crippen molar-refractivity contribution in [2.75, 3.05) is 24.2 Å². The molecule has 0 bridgehead atoms. The fraction of sp³-hybridized carbons (Fsp3) is 0.556. The van der Waals surface area contributed by atoms with Crippen LogP contribution in [0.15, 0.2) is 6.20 Å². The van der Waals surface area contributed by atoms with Crippen molar-refractivity contribution in [3.63, 3.8) is 0 Å². The van der Waals surface area contributed by atoms with Crippen LogP contribution in [0.3, 0.4) is 0 Å². The van der Waals surface area contributed by atoms with Gasteiger partial charge >= 0.3 is 5.69 Å². The summed E-state index contributed by atoms with van der Waals surface area (Å²) in [6, 6.07) is 0. The number of nitro groups is 1. The number of rotatable bonds is 6. The summed E-state index contributed by atoms with van der Waals surface area (Å²) in [5.41, 5.74) is 5.17. The first-order chi connectivity index (χ1) is 8.04. The topological polar surface area (TPSA) is 116 Å². The number of hydrogen-bond donors (Lipinski definition) is 2. The number of ether oxygens (including phenoxy) is 1. The van der Waals surface area contributed by atoms with E-state index in [0.29, 0.717) is 13.2 Å². The van der Waals surface area contributed by atoms with E-state index in [9.17, 15) is 10.1 Å². The summed E-state index contributed by atoms with van der Waals surface area (Å²) in [6.07, 6.45) is 1.01. The fourth-order valence-corrected chi connectivity index (χ4v) is 1.24. The van der Waals surface area contributed by atoms with Crippen LogP contribution in [0.4, 0.5) is 17.5 Å². The number of nitrogens with one attached hydrogen (secondary N) is 1. The molecule has 17 heavy (non-hydrogen) atoms. The molecule has 0 radical (unpaired) electrons. The first-order valence-electron chi connectivity index (χ1n) is 5.17. The molecule has 1 unspecified atom stereocenters. The lowest BCUT2D eigenvalue weighted by Gasteiger charge is -2.12. The van der Waals surface area contributed by atoms with E-state index in [1.54, 1.807) is 0 Å². The molecule has 8 heteroatoms. The number of nitrogens with two attached hydrogens (primary N) is 1. The molecule has 0 aliphatic rings. The molecule has 1 aromatic rings. The second-order valence-electron chi connectivity index (χ2n) is 3.37. The molecule has 0 amide bonds. The quantitative estimate of drug-likeness (QED) is 0.559. The molecule has 1 heterocycles. The molecule has 1 rings (SSSR count). The maximum atomic E-state index is 10.7. The van der Waals surface area contributed by atoms with Gasteiger partial charge in [-0.15, -0.1) is 0 Å². The SMILES string of the molecule is CCOC(C)CNc1nc(N)ncc1[N+](=O)[O-]. The second-order valence-corrected chi connectivity index (χ2v) is 3.37. The van der Waals surface area contributed by atoms with Crippen molar-refractivity contribution >= 4 is 17.5 Å². The summed E-state index contributed by atoms with van der Waals surface area (Å²) in [6.45, 7) is 4.72. The van der Waals surface area contributed by atoms with E-state index in [1.807, 2.05) is 13.8 Å². The summed E-state index contributed by atoms with van der Waals surface area (Å²) < 4.78 is 5.29. The van der Waals surface area contributed by atoms with Crippen LogP contribution in [-0.4, -0.2) is 34.1 Å². The van der Waals surface area contributed by atoms with Crippen molar-refractivity contribution in [3.8, 4) is 0 Å². The molecule has 0 fully saturated rings. The molecule has 0 aromatic carbocycles. The Morgan fingerprint density at radius 1 is 1.71 bits per heavy atom. The van der Waals surface area contributed by atoms with Gasteiger partial charge in [0.15, 0.2) is 0 Å². The van der Waals surface area contributed by atoms with E-state index >= 15 is 0 Å². The molecule has 8 nitrogen and oxygen atoms in total. The Morgan fingerprint density at radius 3 is 3.00 bits per heavy atom. The third-order valence-electron chi connectivity index (χ3n) is 1.99. The first-order valence-corrected chi connectivity index (χ1v) is 5.17. The monoisotopic (exact) mass is 241 g/mol. The molecule has 1 atom stereocenters. The number of nitrogens with zero attached hydrogens (tertiary/aromatic N) is 3. The highest BCUT2D eigenvalue weighted by Gasteiger charge is 2.16. The summed E-state index contributed by atoms with van der Waals surface area (Å²) in [4.78, 5) is 17.5. The minimum Gasteiger partial charge on any atom is -0.377 e. The lowest BCUT2D eigenvalue weighted by Crippen LogP contribution is -2.21. The average Bonchev–Trinajstić information content (AvgIpc) is 2.26. The van der Waals surface area contributed by atoms with Crippen molar-refractivity contribution in [3.05, 3.63) is 16.3 Å². The van der Waals surface area contributed by atoms with Crippen LogP contribution in [0.1, 0.15) is 13.8 Å². The van der Waals surface area contributed by atoms with Gasteiger partial charge in [0.2, 0.25) is 11.8 Å². The van der Waals surface area contributed by atoms with E-state index in [2.05, 4.69) is 15.3 Å². The highest BCUT2D eigenvalue weighted by molar-refractivity contribution is 5.56. The zero-order valence-corrected chi connectivity index (χ0v) is 9.71. The zero-order chi connectivity index (χ0) is 12.8. The van der Waals surface area contributed by atoms with Gasteiger partial charge in [0.1, 0.15) is 6.20 Å². The van der Waals surface area contributed by atoms with Gasteiger partial charge in [-0.1, -0.05) is 0 Å². The highest BCUT2D eigenvalue weighted by Crippen LogP contribution is 2.20. The van der Waals surface area contributed by atoms with Crippen molar-refractivity contribution in [1.29, 1.82) is 0 Å². The van der Waals surface area contributed by atoms with Crippen LogP contribution in [0.25, 0.3) is 0 Å². The summed E-state index contributed by atoms with van der Waals surface area (Å²) >= 11 is 0. The molecule has 0 aliphatic heterocycles. The van der Waals surface area contributed by atoms with Crippen molar-refractivity contribution in [1.82, 2.24) is 9.97 Å². The first kappa shape index (κ1) is 13.1. The molecule has 0 spiro atoms. The zero-order valence-electron chi connectivity index (χ0n) is 9.71. The standard InChI is InChI=1S/C9H15N5O3/c1-3-17-6(2)4-11-8-7(14(15)16)5-12-9(10)13-8/h5-6H,3-4H2,1-2H3,(H3,10,11,12,13). The molecule has 0 aliphatic carbocycles.